The molecule has 0 atom stereocenters. The van der Waals surface area contributed by atoms with Crippen molar-refractivity contribution in [3.63, 3.8) is 0 Å². The van der Waals surface area contributed by atoms with Crippen molar-refractivity contribution >= 4 is 35.1 Å². The Hall–Kier alpha value is -2.08. The second-order valence-corrected chi connectivity index (χ2v) is 5.51. The van der Waals surface area contributed by atoms with E-state index in [2.05, 4.69) is 10.1 Å². The van der Waals surface area contributed by atoms with Gasteiger partial charge in [0.15, 0.2) is 0 Å². The zero-order chi connectivity index (χ0) is 16.2. The molecule has 0 radical (unpaired) electrons. The summed E-state index contributed by atoms with van der Waals surface area (Å²) in [4.78, 5) is 34.3. The number of benzene rings is 1. The monoisotopic (exact) mass is 313 g/mol. The largest absolute Gasteiger partial charge is 0.481 e. The van der Waals surface area contributed by atoms with Crippen molar-refractivity contribution in [3.05, 3.63) is 28.8 Å². The highest BCUT2D eigenvalue weighted by molar-refractivity contribution is 6.33. The van der Waals surface area contributed by atoms with Gasteiger partial charge in [0, 0.05) is 12.1 Å². The number of nitrogens with one attached hydrogen (secondary N) is 1. The zero-order valence-corrected chi connectivity index (χ0v) is 12.7. The Balaban J connectivity index is 2.87. The van der Waals surface area contributed by atoms with Crippen LogP contribution in [0.15, 0.2) is 18.2 Å². The summed E-state index contributed by atoms with van der Waals surface area (Å²) in [6, 6.07) is 4.34. The summed E-state index contributed by atoms with van der Waals surface area (Å²) >= 11 is 5.86. The van der Waals surface area contributed by atoms with Crippen LogP contribution in [0.3, 0.4) is 0 Å². The molecule has 6 nitrogen and oxygen atoms in total. The Morgan fingerprint density at radius 2 is 1.95 bits per heavy atom. The van der Waals surface area contributed by atoms with Gasteiger partial charge in [0.1, 0.15) is 0 Å². The number of carbonyl (C=O) groups is 3. The normalized spacial score (nSPS) is 10.9. The number of carboxylic acid groups (broad SMARTS) is 1. The van der Waals surface area contributed by atoms with E-state index in [4.69, 9.17) is 16.7 Å². The van der Waals surface area contributed by atoms with Crippen molar-refractivity contribution in [1.82, 2.24) is 0 Å². The SMILES string of the molecule is COC(=O)c1cc(NC(=O)CC(C)(C)C(=O)O)ccc1Cl. The van der Waals surface area contributed by atoms with Gasteiger partial charge in [-0.1, -0.05) is 11.6 Å². The van der Waals surface area contributed by atoms with Crippen molar-refractivity contribution < 1.29 is 24.2 Å². The van der Waals surface area contributed by atoms with Crippen LogP contribution in [0, 0.1) is 5.41 Å². The van der Waals surface area contributed by atoms with Gasteiger partial charge in [-0.3, -0.25) is 9.59 Å². The van der Waals surface area contributed by atoms with Gasteiger partial charge in [0.25, 0.3) is 0 Å². The molecule has 0 aliphatic rings. The molecular weight excluding hydrogens is 298 g/mol. The molecule has 0 aromatic heterocycles. The molecule has 0 fully saturated rings. The number of methoxy groups -OCH3 is 1. The molecule has 0 aliphatic heterocycles. The first-order valence-electron chi connectivity index (χ1n) is 6.08. The maximum Gasteiger partial charge on any atom is 0.339 e. The van der Waals surface area contributed by atoms with Crippen LogP contribution < -0.4 is 5.32 Å². The van der Waals surface area contributed by atoms with Gasteiger partial charge in [-0.05, 0) is 32.0 Å². The number of ether oxygens (including phenoxy) is 1. The number of aliphatic carboxylic acids is 1. The number of carboxylic acids is 1. The first-order chi connectivity index (χ1) is 9.67. The summed E-state index contributed by atoms with van der Waals surface area (Å²) in [5.41, 5.74) is -0.720. The summed E-state index contributed by atoms with van der Waals surface area (Å²) in [6.07, 6.45) is -0.196. The Morgan fingerprint density at radius 3 is 2.48 bits per heavy atom. The minimum Gasteiger partial charge on any atom is -0.481 e. The number of rotatable bonds is 5. The molecule has 1 rings (SSSR count). The number of halogens is 1. The van der Waals surface area contributed by atoms with Crippen molar-refractivity contribution in [3.8, 4) is 0 Å². The molecule has 1 aromatic rings. The number of hydrogen-bond donors (Lipinski definition) is 2. The van der Waals surface area contributed by atoms with Crippen molar-refractivity contribution in [2.45, 2.75) is 20.3 Å². The van der Waals surface area contributed by atoms with E-state index in [-0.39, 0.29) is 17.0 Å². The smallest absolute Gasteiger partial charge is 0.339 e. The second-order valence-electron chi connectivity index (χ2n) is 5.10. The summed E-state index contributed by atoms with van der Waals surface area (Å²) in [6.45, 7) is 2.91. The zero-order valence-electron chi connectivity index (χ0n) is 11.9. The maximum absolute atomic E-state index is 11.8. The second kappa shape index (κ2) is 6.58. The van der Waals surface area contributed by atoms with Crippen molar-refractivity contribution in [1.29, 1.82) is 0 Å². The van der Waals surface area contributed by atoms with E-state index in [1.807, 2.05) is 0 Å². The molecule has 7 heteroatoms. The lowest BCUT2D eigenvalue weighted by Gasteiger charge is -2.18. The number of esters is 1. The molecule has 1 aromatic carbocycles. The summed E-state index contributed by atoms with van der Waals surface area (Å²) < 4.78 is 4.58. The van der Waals surface area contributed by atoms with Crippen LogP contribution in [0.25, 0.3) is 0 Å². The summed E-state index contributed by atoms with van der Waals surface area (Å²) in [5.74, 6) is -2.16. The van der Waals surface area contributed by atoms with E-state index in [0.29, 0.717) is 5.69 Å². The van der Waals surface area contributed by atoms with Crippen LogP contribution in [-0.4, -0.2) is 30.1 Å². The Labute approximate surface area is 127 Å². The van der Waals surface area contributed by atoms with Gasteiger partial charge in [0.2, 0.25) is 5.91 Å². The van der Waals surface area contributed by atoms with E-state index in [1.165, 1.54) is 39.2 Å². The summed E-state index contributed by atoms with van der Waals surface area (Å²) in [7, 11) is 1.22. The van der Waals surface area contributed by atoms with Gasteiger partial charge < -0.3 is 15.2 Å². The third-order valence-electron chi connectivity index (χ3n) is 2.84. The van der Waals surface area contributed by atoms with E-state index < -0.39 is 23.3 Å². The third-order valence-corrected chi connectivity index (χ3v) is 3.17. The molecule has 0 heterocycles. The topological polar surface area (TPSA) is 92.7 Å². The van der Waals surface area contributed by atoms with Gasteiger partial charge in [0.05, 0.1) is 23.1 Å². The Kier molecular flexibility index (Phi) is 5.32. The number of hydrogen-bond acceptors (Lipinski definition) is 4. The fraction of sp³-hybridized carbons (Fsp3) is 0.357. The predicted molar refractivity (Wildman–Crippen MR) is 77.5 cm³/mol. The number of anilines is 1. The van der Waals surface area contributed by atoms with Crippen LogP contribution >= 0.6 is 11.6 Å². The molecule has 0 bridgehead atoms. The molecule has 0 spiro atoms. The minimum absolute atomic E-state index is 0.120. The van der Waals surface area contributed by atoms with Crippen LogP contribution in [0.5, 0.6) is 0 Å². The molecule has 114 valence electrons. The fourth-order valence-electron chi connectivity index (χ4n) is 1.55. The molecule has 0 unspecified atom stereocenters. The number of amides is 1. The standard InChI is InChI=1S/C14H16ClNO5/c1-14(2,13(19)20)7-11(17)16-8-4-5-10(15)9(6-8)12(18)21-3/h4-6H,7H2,1-3H3,(H,16,17)(H,19,20). The lowest BCUT2D eigenvalue weighted by atomic mass is 9.89. The van der Waals surface area contributed by atoms with E-state index in [0.717, 1.165) is 0 Å². The molecule has 0 aliphatic carbocycles. The first kappa shape index (κ1) is 17.0. The molecular formula is C14H16ClNO5. The van der Waals surface area contributed by atoms with Crippen LogP contribution in [-0.2, 0) is 14.3 Å². The summed E-state index contributed by atoms with van der Waals surface area (Å²) in [5, 5.41) is 11.7. The van der Waals surface area contributed by atoms with Gasteiger partial charge in [-0.2, -0.15) is 0 Å². The highest BCUT2D eigenvalue weighted by Crippen LogP contribution is 2.24. The molecule has 0 saturated carbocycles. The molecule has 21 heavy (non-hydrogen) atoms. The van der Waals surface area contributed by atoms with E-state index in [1.54, 1.807) is 0 Å². The predicted octanol–water partition coefficient (Wildman–Crippen LogP) is 2.57. The van der Waals surface area contributed by atoms with Crippen molar-refractivity contribution in [2.24, 2.45) is 5.41 Å². The van der Waals surface area contributed by atoms with Crippen LogP contribution in [0.2, 0.25) is 5.02 Å². The molecule has 2 N–H and O–H groups in total. The van der Waals surface area contributed by atoms with E-state index >= 15 is 0 Å². The van der Waals surface area contributed by atoms with Gasteiger partial charge in [-0.15, -0.1) is 0 Å². The average molecular weight is 314 g/mol. The first-order valence-corrected chi connectivity index (χ1v) is 6.46. The fourth-order valence-corrected chi connectivity index (χ4v) is 1.75. The van der Waals surface area contributed by atoms with E-state index in [9.17, 15) is 14.4 Å². The Morgan fingerprint density at radius 1 is 1.33 bits per heavy atom. The minimum atomic E-state index is -1.18. The lowest BCUT2D eigenvalue weighted by Crippen LogP contribution is -2.29. The van der Waals surface area contributed by atoms with Crippen LogP contribution in [0.4, 0.5) is 5.69 Å². The quantitative estimate of drug-likeness (QED) is 0.815. The van der Waals surface area contributed by atoms with Crippen molar-refractivity contribution in [2.75, 3.05) is 12.4 Å². The number of carbonyl (C=O) groups excluding carboxylic acids is 2. The highest BCUT2D eigenvalue weighted by Gasteiger charge is 2.30. The average Bonchev–Trinajstić information content (AvgIpc) is 2.39. The molecule has 1 amide bonds. The third kappa shape index (κ3) is 4.46. The highest BCUT2D eigenvalue weighted by atomic mass is 35.5. The Bertz CT molecular complexity index is 583. The lowest BCUT2D eigenvalue weighted by molar-refractivity contribution is -0.148. The van der Waals surface area contributed by atoms with Gasteiger partial charge in [-0.25, -0.2) is 4.79 Å². The maximum atomic E-state index is 11.8. The van der Waals surface area contributed by atoms with Gasteiger partial charge >= 0.3 is 11.9 Å². The van der Waals surface area contributed by atoms with Crippen LogP contribution in [0.1, 0.15) is 30.6 Å². The molecule has 0 saturated heterocycles.